The van der Waals surface area contributed by atoms with E-state index < -0.39 is 0 Å². The lowest BCUT2D eigenvalue weighted by atomic mass is 10.2. The lowest BCUT2D eigenvalue weighted by Crippen LogP contribution is -2.36. The van der Waals surface area contributed by atoms with Crippen LogP contribution in [0.15, 0.2) is 10.5 Å². The number of hydrogen-bond donors (Lipinski definition) is 1. The fourth-order valence-corrected chi connectivity index (χ4v) is 4.21. The van der Waals surface area contributed by atoms with Crippen LogP contribution in [0.3, 0.4) is 0 Å². The number of likely N-dealkylation sites (N-methyl/N-ethyl adjacent to an activating group) is 1. The van der Waals surface area contributed by atoms with E-state index in [2.05, 4.69) is 39.1 Å². The van der Waals surface area contributed by atoms with E-state index in [4.69, 9.17) is 0 Å². The molecule has 1 N–H and O–H groups in total. The van der Waals surface area contributed by atoms with Crippen molar-refractivity contribution >= 4 is 27.3 Å². The monoisotopic (exact) mass is 302 g/mol. The molecule has 1 saturated heterocycles. The largest absolute Gasteiger partial charge is 0.318 e. The summed E-state index contributed by atoms with van der Waals surface area (Å²) in [5.74, 6) is 0. The molecule has 0 amide bonds. The van der Waals surface area contributed by atoms with Crippen molar-refractivity contribution in [3.05, 3.63) is 20.3 Å². The zero-order chi connectivity index (χ0) is 11.5. The standard InChI is InChI=1S/C12H19BrN2S/c1-9-6-11(13)12(16-9)8-15-5-3-4-10(15)7-14-2/h6,10,14H,3-5,7-8H2,1-2H3. The van der Waals surface area contributed by atoms with Gasteiger partial charge in [-0.1, -0.05) is 0 Å². The molecule has 1 fully saturated rings. The van der Waals surface area contributed by atoms with E-state index in [0.717, 1.165) is 19.1 Å². The highest BCUT2D eigenvalue weighted by molar-refractivity contribution is 9.10. The average Bonchev–Trinajstić information content (AvgIpc) is 2.77. The Morgan fingerprint density at radius 3 is 3.06 bits per heavy atom. The fourth-order valence-electron chi connectivity index (χ4n) is 2.39. The molecule has 0 aromatic carbocycles. The summed E-state index contributed by atoms with van der Waals surface area (Å²) in [6, 6.07) is 2.95. The minimum Gasteiger partial charge on any atom is -0.318 e. The second-order valence-electron chi connectivity index (χ2n) is 4.45. The Kier molecular flexibility index (Phi) is 4.41. The van der Waals surface area contributed by atoms with Crippen molar-refractivity contribution in [2.45, 2.75) is 32.4 Å². The zero-order valence-corrected chi connectivity index (χ0v) is 12.3. The highest BCUT2D eigenvalue weighted by Gasteiger charge is 2.24. The SMILES string of the molecule is CNCC1CCCN1Cc1sc(C)cc1Br. The van der Waals surface area contributed by atoms with Crippen LogP contribution < -0.4 is 5.32 Å². The van der Waals surface area contributed by atoms with Crippen molar-refractivity contribution in [2.75, 3.05) is 20.1 Å². The summed E-state index contributed by atoms with van der Waals surface area (Å²) in [7, 11) is 2.04. The van der Waals surface area contributed by atoms with Crippen LogP contribution in [0.25, 0.3) is 0 Å². The highest BCUT2D eigenvalue weighted by Crippen LogP contribution is 2.30. The Bertz CT molecular complexity index is 351. The normalized spacial score (nSPS) is 21.8. The van der Waals surface area contributed by atoms with Gasteiger partial charge in [0.25, 0.3) is 0 Å². The molecule has 1 aromatic heterocycles. The van der Waals surface area contributed by atoms with Gasteiger partial charge in [-0.15, -0.1) is 11.3 Å². The predicted octanol–water partition coefficient (Wildman–Crippen LogP) is 3.00. The Morgan fingerprint density at radius 2 is 2.44 bits per heavy atom. The van der Waals surface area contributed by atoms with E-state index in [9.17, 15) is 0 Å². The fraction of sp³-hybridized carbons (Fsp3) is 0.667. The van der Waals surface area contributed by atoms with Crippen molar-refractivity contribution in [3.63, 3.8) is 0 Å². The van der Waals surface area contributed by atoms with Crippen LogP contribution in [-0.2, 0) is 6.54 Å². The Hall–Kier alpha value is 0.100. The van der Waals surface area contributed by atoms with Crippen LogP contribution in [-0.4, -0.2) is 31.1 Å². The number of nitrogens with one attached hydrogen (secondary N) is 1. The quantitative estimate of drug-likeness (QED) is 0.920. The van der Waals surface area contributed by atoms with E-state index >= 15 is 0 Å². The molecule has 2 heterocycles. The molecule has 4 heteroatoms. The van der Waals surface area contributed by atoms with Gasteiger partial charge in [-0.05, 0) is 55.4 Å². The molecule has 2 nitrogen and oxygen atoms in total. The molecule has 1 aliphatic heterocycles. The third-order valence-electron chi connectivity index (χ3n) is 3.17. The summed E-state index contributed by atoms with van der Waals surface area (Å²) in [5, 5.41) is 3.30. The van der Waals surface area contributed by atoms with Crippen LogP contribution in [0.1, 0.15) is 22.6 Å². The maximum absolute atomic E-state index is 3.65. The number of likely N-dealkylation sites (tertiary alicyclic amines) is 1. The molecule has 1 unspecified atom stereocenters. The molecule has 0 saturated carbocycles. The highest BCUT2D eigenvalue weighted by atomic mass is 79.9. The molecule has 2 rings (SSSR count). The minimum atomic E-state index is 0.722. The summed E-state index contributed by atoms with van der Waals surface area (Å²) in [5.41, 5.74) is 0. The molecular formula is C12H19BrN2S. The third-order valence-corrected chi connectivity index (χ3v) is 5.17. The molecular weight excluding hydrogens is 284 g/mol. The van der Waals surface area contributed by atoms with Gasteiger partial charge >= 0.3 is 0 Å². The van der Waals surface area contributed by atoms with Crippen molar-refractivity contribution in [3.8, 4) is 0 Å². The second kappa shape index (κ2) is 5.63. The number of halogens is 1. The number of thiophene rings is 1. The topological polar surface area (TPSA) is 15.3 Å². The number of rotatable bonds is 4. The molecule has 90 valence electrons. The number of nitrogens with zero attached hydrogens (tertiary/aromatic N) is 1. The molecule has 1 aliphatic rings. The van der Waals surface area contributed by atoms with E-state index in [-0.39, 0.29) is 0 Å². The number of aryl methyl sites for hydroxylation is 1. The van der Waals surface area contributed by atoms with Crippen LogP contribution in [0.2, 0.25) is 0 Å². The summed E-state index contributed by atoms with van der Waals surface area (Å²) in [6.07, 6.45) is 2.68. The summed E-state index contributed by atoms with van der Waals surface area (Å²) in [4.78, 5) is 5.47. The van der Waals surface area contributed by atoms with Crippen molar-refractivity contribution in [2.24, 2.45) is 0 Å². The maximum atomic E-state index is 3.65. The summed E-state index contributed by atoms with van der Waals surface area (Å²) >= 11 is 5.56. The molecule has 1 aromatic rings. The first-order valence-electron chi connectivity index (χ1n) is 5.84. The van der Waals surface area contributed by atoms with Gasteiger partial charge < -0.3 is 5.32 Å². The van der Waals surface area contributed by atoms with E-state index in [0.29, 0.717) is 0 Å². The van der Waals surface area contributed by atoms with E-state index in [1.807, 2.05) is 18.4 Å². The first kappa shape index (κ1) is 12.6. The van der Waals surface area contributed by atoms with Crippen LogP contribution in [0.5, 0.6) is 0 Å². The number of hydrogen-bond acceptors (Lipinski definition) is 3. The minimum absolute atomic E-state index is 0.722. The first-order chi connectivity index (χ1) is 7.70. The molecule has 0 radical (unpaired) electrons. The van der Waals surface area contributed by atoms with Crippen LogP contribution in [0.4, 0.5) is 0 Å². The lowest BCUT2D eigenvalue weighted by molar-refractivity contribution is 0.244. The van der Waals surface area contributed by atoms with Gasteiger partial charge in [-0.3, -0.25) is 4.90 Å². The summed E-state index contributed by atoms with van der Waals surface area (Å²) < 4.78 is 1.28. The van der Waals surface area contributed by atoms with Gasteiger partial charge in [-0.25, -0.2) is 0 Å². The third kappa shape index (κ3) is 2.86. The van der Waals surface area contributed by atoms with E-state index in [1.165, 1.54) is 33.6 Å². The average molecular weight is 303 g/mol. The Morgan fingerprint density at radius 1 is 1.62 bits per heavy atom. The molecule has 16 heavy (non-hydrogen) atoms. The maximum Gasteiger partial charge on any atom is 0.0342 e. The van der Waals surface area contributed by atoms with Gasteiger partial charge in [0.1, 0.15) is 0 Å². The van der Waals surface area contributed by atoms with Gasteiger partial charge in [0, 0.05) is 33.4 Å². The van der Waals surface area contributed by atoms with Gasteiger partial charge in [0.15, 0.2) is 0 Å². The molecule has 0 bridgehead atoms. The van der Waals surface area contributed by atoms with Gasteiger partial charge in [-0.2, -0.15) is 0 Å². The van der Waals surface area contributed by atoms with Gasteiger partial charge in [0.05, 0.1) is 0 Å². The molecule has 0 aliphatic carbocycles. The van der Waals surface area contributed by atoms with Crippen LogP contribution >= 0.6 is 27.3 Å². The Labute approximate surface area is 110 Å². The predicted molar refractivity (Wildman–Crippen MR) is 74.1 cm³/mol. The smallest absolute Gasteiger partial charge is 0.0342 e. The Balaban J connectivity index is 2.00. The molecule has 1 atom stereocenters. The first-order valence-corrected chi connectivity index (χ1v) is 7.45. The summed E-state index contributed by atoms with van der Waals surface area (Å²) in [6.45, 7) is 5.64. The van der Waals surface area contributed by atoms with Crippen molar-refractivity contribution < 1.29 is 0 Å². The molecule has 0 spiro atoms. The second-order valence-corrected chi connectivity index (χ2v) is 6.65. The lowest BCUT2D eigenvalue weighted by Gasteiger charge is -2.23. The van der Waals surface area contributed by atoms with Crippen molar-refractivity contribution in [1.82, 2.24) is 10.2 Å². The van der Waals surface area contributed by atoms with Gasteiger partial charge in [0.2, 0.25) is 0 Å². The van der Waals surface area contributed by atoms with Crippen LogP contribution in [0, 0.1) is 6.92 Å². The van der Waals surface area contributed by atoms with Crippen molar-refractivity contribution in [1.29, 1.82) is 0 Å². The van der Waals surface area contributed by atoms with E-state index in [1.54, 1.807) is 0 Å². The zero-order valence-electron chi connectivity index (χ0n) is 9.92.